The predicted octanol–water partition coefficient (Wildman–Crippen LogP) is 2.39. The van der Waals surface area contributed by atoms with Crippen LogP contribution in [-0.4, -0.2) is 48.0 Å². The van der Waals surface area contributed by atoms with Crippen LogP contribution in [0.3, 0.4) is 0 Å². The smallest absolute Gasteiger partial charge is 0.152 e. The number of anilines is 3. The number of hydrogen-bond acceptors (Lipinski definition) is 7. The zero-order valence-corrected chi connectivity index (χ0v) is 15.1. The summed E-state index contributed by atoms with van der Waals surface area (Å²) in [5, 5.41) is 4.33. The lowest BCUT2D eigenvalue weighted by molar-refractivity contribution is 0.600. The van der Waals surface area contributed by atoms with Gasteiger partial charge < -0.3 is 10.2 Å². The van der Waals surface area contributed by atoms with Crippen molar-refractivity contribution in [1.82, 2.24) is 15.0 Å². The summed E-state index contributed by atoms with van der Waals surface area (Å²) >= 11 is 0. The Morgan fingerprint density at radius 1 is 1.15 bits per heavy atom. The summed E-state index contributed by atoms with van der Waals surface area (Å²) in [4.78, 5) is 14.9. The number of pyridine rings is 1. The SMILES string of the molecule is CN(c1cc(Nc2cccc3cccnc23)ncn1)C1CCS(=O)(=O)C1. The Labute approximate surface area is 152 Å². The molecule has 7 nitrogen and oxygen atoms in total. The van der Waals surface area contributed by atoms with Gasteiger partial charge in [-0.25, -0.2) is 18.4 Å². The molecule has 0 aliphatic carbocycles. The van der Waals surface area contributed by atoms with Crippen LogP contribution < -0.4 is 10.2 Å². The summed E-state index contributed by atoms with van der Waals surface area (Å²) in [7, 11) is -1.07. The second-order valence-electron chi connectivity index (χ2n) is 6.43. The maximum absolute atomic E-state index is 11.7. The fourth-order valence-corrected chi connectivity index (χ4v) is 4.99. The van der Waals surface area contributed by atoms with Crippen molar-refractivity contribution in [3.05, 3.63) is 48.9 Å². The van der Waals surface area contributed by atoms with Crippen LogP contribution >= 0.6 is 0 Å². The van der Waals surface area contributed by atoms with Crippen LogP contribution in [0.25, 0.3) is 10.9 Å². The van der Waals surface area contributed by atoms with Crippen molar-refractivity contribution in [1.29, 1.82) is 0 Å². The van der Waals surface area contributed by atoms with Crippen LogP contribution in [0.15, 0.2) is 48.9 Å². The highest BCUT2D eigenvalue weighted by Gasteiger charge is 2.31. The van der Waals surface area contributed by atoms with Crippen molar-refractivity contribution in [3.63, 3.8) is 0 Å². The third-order valence-electron chi connectivity index (χ3n) is 4.67. The molecule has 1 unspecified atom stereocenters. The Bertz CT molecular complexity index is 1050. The molecule has 1 aliphatic rings. The molecule has 1 aliphatic heterocycles. The van der Waals surface area contributed by atoms with E-state index in [2.05, 4.69) is 20.3 Å². The van der Waals surface area contributed by atoms with Crippen molar-refractivity contribution in [2.24, 2.45) is 0 Å². The molecule has 1 fully saturated rings. The number of benzene rings is 1. The molecular formula is C18H19N5O2S. The van der Waals surface area contributed by atoms with Gasteiger partial charge in [-0.15, -0.1) is 0 Å². The van der Waals surface area contributed by atoms with Gasteiger partial charge in [-0.2, -0.15) is 0 Å². The molecule has 26 heavy (non-hydrogen) atoms. The highest BCUT2D eigenvalue weighted by molar-refractivity contribution is 7.91. The van der Waals surface area contributed by atoms with E-state index >= 15 is 0 Å². The molecule has 0 spiro atoms. The van der Waals surface area contributed by atoms with Crippen molar-refractivity contribution < 1.29 is 8.42 Å². The quantitative estimate of drug-likeness (QED) is 0.755. The Morgan fingerprint density at radius 2 is 2.00 bits per heavy atom. The lowest BCUT2D eigenvalue weighted by Crippen LogP contribution is -2.33. The molecule has 0 radical (unpaired) electrons. The summed E-state index contributed by atoms with van der Waals surface area (Å²) in [6.45, 7) is 0. The molecule has 1 aromatic carbocycles. The Hall–Kier alpha value is -2.74. The van der Waals surface area contributed by atoms with E-state index in [1.165, 1.54) is 6.33 Å². The monoisotopic (exact) mass is 369 g/mol. The minimum absolute atomic E-state index is 0.0537. The van der Waals surface area contributed by atoms with Gasteiger partial charge in [-0.05, 0) is 18.6 Å². The Morgan fingerprint density at radius 3 is 2.81 bits per heavy atom. The summed E-state index contributed by atoms with van der Waals surface area (Å²) in [6, 6.07) is 11.6. The maximum Gasteiger partial charge on any atom is 0.152 e. The zero-order chi connectivity index (χ0) is 18.1. The normalized spacial score (nSPS) is 18.7. The van der Waals surface area contributed by atoms with Gasteiger partial charge in [0.1, 0.15) is 18.0 Å². The zero-order valence-electron chi connectivity index (χ0n) is 14.3. The molecule has 3 aromatic rings. The number of rotatable bonds is 4. The number of nitrogens with zero attached hydrogens (tertiary/aromatic N) is 4. The average Bonchev–Trinajstić information content (AvgIpc) is 3.01. The van der Waals surface area contributed by atoms with Crippen LogP contribution in [0.1, 0.15) is 6.42 Å². The van der Waals surface area contributed by atoms with Gasteiger partial charge in [-0.3, -0.25) is 4.98 Å². The lowest BCUT2D eigenvalue weighted by Gasteiger charge is -2.24. The summed E-state index contributed by atoms with van der Waals surface area (Å²) in [5.41, 5.74) is 1.73. The third kappa shape index (κ3) is 3.32. The van der Waals surface area contributed by atoms with Crippen LogP contribution in [0, 0.1) is 0 Å². The lowest BCUT2D eigenvalue weighted by atomic mass is 10.2. The van der Waals surface area contributed by atoms with E-state index < -0.39 is 9.84 Å². The molecule has 0 saturated carbocycles. The van der Waals surface area contributed by atoms with Crippen LogP contribution in [0.4, 0.5) is 17.3 Å². The van der Waals surface area contributed by atoms with Crippen molar-refractivity contribution in [2.45, 2.75) is 12.5 Å². The van der Waals surface area contributed by atoms with Gasteiger partial charge in [0, 0.05) is 30.7 Å². The fourth-order valence-electron chi connectivity index (χ4n) is 3.22. The van der Waals surface area contributed by atoms with Crippen molar-refractivity contribution in [3.8, 4) is 0 Å². The highest BCUT2D eigenvalue weighted by atomic mass is 32.2. The van der Waals surface area contributed by atoms with E-state index in [1.54, 1.807) is 6.20 Å². The molecule has 134 valence electrons. The van der Waals surface area contributed by atoms with Crippen LogP contribution in [-0.2, 0) is 9.84 Å². The number of sulfone groups is 1. The van der Waals surface area contributed by atoms with Crippen molar-refractivity contribution >= 4 is 38.1 Å². The number of para-hydroxylation sites is 1. The summed E-state index contributed by atoms with van der Waals surface area (Å²) in [6.07, 6.45) is 3.86. The summed E-state index contributed by atoms with van der Waals surface area (Å²) < 4.78 is 23.5. The second-order valence-corrected chi connectivity index (χ2v) is 8.66. The average molecular weight is 369 g/mol. The molecule has 2 aromatic heterocycles. The topological polar surface area (TPSA) is 88.1 Å². The van der Waals surface area contributed by atoms with E-state index in [0.717, 1.165) is 16.6 Å². The van der Waals surface area contributed by atoms with Gasteiger partial charge in [0.05, 0.1) is 22.7 Å². The van der Waals surface area contributed by atoms with E-state index in [-0.39, 0.29) is 17.5 Å². The van der Waals surface area contributed by atoms with E-state index in [0.29, 0.717) is 18.1 Å². The predicted molar refractivity (Wildman–Crippen MR) is 103 cm³/mol. The Balaban J connectivity index is 1.60. The first-order chi connectivity index (χ1) is 12.5. The van der Waals surface area contributed by atoms with Crippen molar-refractivity contribution in [2.75, 3.05) is 28.8 Å². The molecule has 8 heteroatoms. The third-order valence-corrected chi connectivity index (χ3v) is 6.42. The standard InChI is InChI=1S/C18H19N5O2S/c1-23(14-7-9-26(24,25)11-14)17-10-16(20-12-21-17)22-15-6-2-4-13-5-3-8-19-18(13)15/h2-6,8,10,12,14H,7,9,11H2,1H3,(H,20,21,22). The van der Waals surface area contributed by atoms with Gasteiger partial charge in [-0.1, -0.05) is 18.2 Å². The number of hydrogen-bond donors (Lipinski definition) is 1. The maximum atomic E-state index is 11.7. The van der Waals surface area contributed by atoms with Gasteiger partial charge in [0.15, 0.2) is 9.84 Å². The van der Waals surface area contributed by atoms with E-state index in [9.17, 15) is 8.42 Å². The molecule has 1 saturated heterocycles. The Kier molecular flexibility index (Phi) is 4.20. The van der Waals surface area contributed by atoms with Gasteiger partial charge >= 0.3 is 0 Å². The molecule has 4 rings (SSSR count). The number of nitrogens with one attached hydrogen (secondary N) is 1. The largest absolute Gasteiger partial charge is 0.355 e. The molecule has 0 amide bonds. The first kappa shape index (κ1) is 16.7. The minimum atomic E-state index is -2.94. The summed E-state index contributed by atoms with van der Waals surface area (Å²) in [5.74, 6) is 1.74. The second kappa shape index (κ2) is 6.53. The van der Waals surface area contributed by atoms with E-state index in [1.807, 2.05) is 48.3 Å². The number of fused-ring (bicyclic) bond motifs is 1. The molecule has 1 N–H and O–H groups in total. The highest BCUT2D eigenvalue weighted by Crippen LogP contribution is 2.26. The fraction of sp³-hybridized carbons (Fsp3) is 0.278. The first-order valence-electron chi connectivity index (χ1n) is 8.38. The molecule has 0 bridgehead atoms. The van der Waals surface area contributed by atoms with E-state index in [4.69, 9.17) is 0 Å². The number of aromatic nitrogens is 3. The van der Waals surface area contributed by atoms with Crippen LogP contribution in [0.2, 0.25) is 0 Å². The van der Waals surface area contributed by atoms with Gasteiger partial charge in [0.25, 0.3) is 0 Å². The van der Waals surface area contributed by atoms with Gasteiger partial charge in [0.2, 0.25) is 0 Å². The molecular weight excluding hydrogens is 350 g/mol. The molecule has 1 atom stereocenters. The first-order valence-corrected chi connectivity index (χ1v) is 10.2. The van der Waals surface area contributed by atoms with Crippen LogP contribution in [0.5, 0.6) is 0 Å². The molecule has 3 heterocycles. The minimum Gasteiger partial charge on any atom is -0.355 e.